The number of nitrogens with one attached hydrogen (secondary N) is 1. The van der Waals surface area contributed by atoms with Crippen molar-refractivity contribution in [2.24, 2.45) is 0 Å². The summed E-state index contributed by atoms with van der Waals surface area (Å²) in [6.07, 6.45) is 4.26. The summed E-state index contributed by atoms with van der Waals surface area (Å²) < 4.78 is 0. The molecule has 0 saturated carbocycles. The Hall–Kier alpha value is -1.63. The Labute approximate surface area is 127 Å². The largest absolute Gasteiger partial charge is 0.340 e. The van der Waals surface area contributed by atoms with Crippen LogP contribution in [0.1, 0.15) is 32.1 Å². The smallest absolute Gasteiger partial charge is 0.236 e. The summed E-state index contributed by atoms with van der Waals surface area (Å²) in [4.78, 5) is 15.9. The van der Waals surface area contributed by atoms with Crippen LogP contribution in [0.25, 0.3) is 0 Å². The molecule has 1 fully saturated rings. The summed E-state index contributed by atoms with van der Waals surface area (Å²) in [6, 6.07) is 4.56. The minimum absolute atomic E-state index is 0.00110. The van der Waals surface area contributed by atoms with E-state index in [0.29, 0.717) is 38.5 Å². The second kappa shape index (κ2) is 10.1. The summed E-state index contributed by atoms with van der Waals surface area (Å²) in [6.45, 7) is 3.08. The van der Waals surface area contributed by atoms with E-state index >= 15 is 0 Å². The molecule has 6 nitrogen and oxygen atoms in total. The monoisotopic (exact) mass is 291 g/mol. The highest BCUT2D eigenvalue weighted by atomic mass is 16.2. The van der Waals surface area contributed by atoms with Crippen LogP contribution in [-0.4, -0.2) is 61.5 Å². The van der Waals surface area contributed by atoms with Gasteiger partial charge in [-0.2, -0.15) is 10.5 Å². The molecule has 116 valence electrons. The molecular formula is C15H25N5O. The van der Waals surface area contributed by atoms with E-state index in [9.17, 15) is 4.79 Å². The van der Waals surface area contributed by atoms with E-state index < -0.39 is 0 Å². The maximum Gasteiger partial charge on any atom is 0.236 e. The number of nitriles is 2. The molecule has 0 spiro atoms. The van der Waals surface area contributed by atoms with Crippen LogP contribution in [0, 0.1) is 22.7 Å². The number of hydrogen-bond acceptors (Lipinski definition) is 5. The third-order valence-corrected chi connectivity index (χ3v) is 3.69. The van der Waals surface area contributed by atoms with E-state index in [1.165, 1.54) is 12.8 Å². The first-order chi connectivity index (χ1) is 10.2. The molecule has 21 heavy (non-hydrogen) atoms. The van der Waals surface area contributed by atoms with E-state index in [-0.39, 0.29) is 5.91 Å². The topological polar surface area (TPSA) is 83.2 Å². The number of nitrogens with zero attached hydrogens (tertiary/aromatic N) is 4. The number of carbonyl (C=O) groups excluding carboxylic acids is 1. The zero-order chi connectivity index (χ0) is 15.5. The summed E-state index contributed by atoms with van der Waals surface area (Å²) in [7, 11) is 1.95. The Morgan fingerprint density at radius 1 is 1.24 bits per heavy atom. The molecule has 1 unspecified atom stereocenters. The third-order valence-electron chi connectivity index (χ3n) is 3.69. The van der Waals surface area contributed by atoms with Crippen LogP contribution in [0.15, 0.2) is 0 Å². The lowest BCUT2D eigenvalue weighted by Gasteiger charge is -2.29. The molecule has 1 atom stereocenters. The van der Waals surface area contributed by atoms with Gasteiger partial charge in [0.1, 0.15) is 0 Å². The van der Waals surface area contributed by atoms with Crippen LogP contribution < -0.4 is 5.32 Å². The number of rotatable bonds is 8. The second-order valence-electron chi connectivity index (χ2n) is 5.54. The Bertz CT molecular complexity index is 374. The number of carbonyl (C=O) groups is 1. The van der Waals surface area contributed by atoms with Gasteiger partial charge in [0.15, 0.2) is 0 Å². The highest BCUT2D eigenvalue weighted by Crippen LogP contribution is 2.08. The van der Waals surface area contributed by atoms with Gasteiger partial charge in [0.25, 0.3) is 0 Å². The van der Waals surface area contributed by atoms with E-state index in [1.807, 2.05) is 24.1 Å². The fraction of sp³-hybridized carbons (Fsp3) is 0.800. The second-order valence-corrected chi connectivity index (χ2v) is 5.54. The quantitative estimate of drug-likeness (QED) is 0.712. The van der Waals surface area contributed by atoms with Crippen LogP contribution in [0.2, 0.25) is 0 Å². The fourth-order valence-corrected chi connectivity index (χ4v) is 2.58. The molecule has 1 N–H and O–H groups in total. The molecular weight excluding hydrogens is 266 g/mol. The molecule has 1 saturated heterocycles. The zero-order valence-corrected chi connectivity index (χ0v) is 12.8. The summed E-state index contributed by atoms with van der Waals surface area (Å²) >= 11 is 0. The first-order valence-corrected chi connectivity index (χ1v) is 7.61. The van der Waals surface area contributed by atoms with Crippen molar-refractivity contribution in [3.63, 3.8) is 0 Å². The minimum Gasteiger partial charge on any atom is -0.340 e. The van der Waals surface area contributed by atoms with Gasteiger partial charge >= 0.3 is 0 Å². The highest BCUT2D eigenvalue weighted by molar-refractivity contribution is 5.78. The molecule has 1 aliphatic rings. The van der Waals surface area contributed by atoms with Crippen molar-refractivity contribution >= 4 is 5.91 Å². The Morgan fingerprint density at radius 2 is 1.90 bits per heavy atom. The van der Waals surface area contributed by atoms with Crippen LogP contribution >= 0.6 is 0 Å². The Morgan fingerprint density at radius 3 is 2.43 bits per heavy atom. The van der Waals surface area contributed by atoms with Gasteiger partial charge in [-0.1, -0.05) is 6.42 Å². The van der Waals surface area contributed by atoms with Crippen LogP contribution in [-0.2, 0) is 4.79 Å². The molecule has 0 aromatic carbocycles. The minimum atomic E-state index is -0.00110. The lowest BCUT2D eigenvalue weighted by Crippen LogP contribution is -2.46. The van der Waals surface area contributed by atoms with Gasteiger partial charge in [-0.05, 0) is 26.4 Å². The van der Waals surface area contributed by atoms with Crippen molar-refractivity contribution in [1.82, 2.24) is 15.1 Å². The lowest BCUT2D eigenvalue weighted by molar-refractivity contribution is -0.132. The molecule has 0 aromatic heterocycles. The first-order valence-electron chi connectivity index (χ1n) is 7.61. The summed E-state index contributed by atoms with van der Waals surface area (Å²) in [5.74, 6) is -0.00110. The van der Waals surface area contributed by atoms with E-state index in [4.69, 9.17) is 10.5 Å². The molecule has 1 aliphatic heterocycles. The molecule has 0 bridgehead atoms. The van der Waals surface area contributed by atoms with Gasteiger partial charge in [-0.3, -0.25) is 9.69 Å². The zero-order valence-electron chi connectivity index (χ0n) is 12.8. The molecule has 6 heteroatoms. The van der Waals surface area contributed by atoms with E-state index in [2.05, 4.69) is 5.32 Å². The molecule has 1 heterocycles. The van der Waals surface area contributed by atoms with Crippen molar-refractivity contribution < 1.29 is 4.79 Å². The number of piperidine rings is 1. The van der Waals surface area contributed by atoms with Gasteiger partial charge in [-0.15, -0.1) is 0 Å². The highest BCUT2D eigenvalue weighted by Gasteiger charge is 2.18. The normalized spacial score (nSPS) is 18.0. The van der Waals surface area contributed by atoms with Gasteiger partial charge in [-0.25, -0.2) is 0 Å². The van der Waals surface area contributed by atoms with Crippen LogP contribution in [0.3, 0.4) is 0 Å². The van der Waals surface area contributed by atoms with E-state index in [1.54, 1.807) is 4.90 Å². The predicted molar refractivity (Wildman–Crippen MR) is 80.2 cm³/mol. The molecule has 1 rings (SSSR count). The lowest BCUT2D eigenvalue weighted by atomic mass is 10.0. The van der Waals surface area contributed by atoms with Crippen molar-refractivity contribution in [2.75, 3.05) is 39.8 Å². The Balaban J connectivity index is 2.39. The van der Waals surface area contributed by atoms with Gasteiger partial charge in [0.2, 0.25) is 5.91 Å². The molecule has 0 radical (unpaired) electrons. The van der Waals surface area contributed by atoms with Crippen molar-refractivity contribution in [3.8, 4) is 12.1 Å². The van der Waals surface area contributed by atoms with Crippen LogP contribution in [0.4, 0.5) is 0 Å². The van der Waals surface area contributed by atoms with E-state index in [0.717, 1.165) is 19.5 Å². The third kappa shape index (κ3) is 7.08. The molecule has 0 aromatic rings. The molecule has 0 aliphatic carbocycles. The molecule has 1 amide bonds. The number of amides is 1. The fourth-order valence-electron chi connectivity index (χ4n) is 2.58. The number of likely N-dealkylation sites (N-methyl/N-ethyl adjacent to an activating group) is 1. The van der Waals surface area contributed by atoms with Crippen molar-refractivity contribution in [2.45, 2.75) is 38.1 Å². The van der Waals surface area contributed by atoms with Gasteiger partial charge in [0.05, 0.1) is 31.5 Å². The maximum absolute atomic E-state index is 12.3. The summed E-state index contributed by atoms with van der Waals surface area (Å²) in [5.41, 5.74) is 0. The Kier molecular flexibility index (Phi) is 8.42. The average Bonchev–Trinajstić information content (AvgIpc) is 2.48. The first kappa shape index (κ1) is 17.4. The predicted octanol–water partition coefficient (Wildman–Crippen LogP) is 0.716. The maximum atomic E-state index is 12.3. The standard InChI is InChI=1S/C15H25N5O/c1-19(12-14-6-2-3-9-18-14)13-15(21)20(10-4-7-16)11-5-8-17/h14,18H,2-6,9-13H2,1H3. The number of hydrogen-bond donors (Lipinski definition) is 1. The average molecular weight is 291 g/mol. The van der Waals surface area contributed by atoms with Crippen molar-refractivity contribution in [1.29, 1.82) is 10.5 Å². The van der Waals surface area contributed by atoms with Crippen LogP contribution in [0.5, 0.6) is 0 Å². The van der Waals surface area contributed by atoms with Gasteiger partial charge < -0.3 is 10.2 Å². The SMILES string of the molecule is CN(CC(=O)N(CCC#N)CCC#N)CC1CCCCN1. The van der Waals surface area contributed by atoms with Gasteiger partial charge in [0, 0.05) is 25.7 Å². The van der Waals surface area contributed by atoms with Crippen molar-refractivity contribution in [3.05, 3.63) is 0 Å². The summed E-state index contributed by atoms with van der Waals surface area (Å²) in [5, 5.41) is 20.8.